The second-order valence-corrected chi connectivity index (χ2v) is 4.00. The lowest BCUT2D eigenvalue weighted by Crippen LogP contribution is -2.12. The van der Waals surface area contributed by atoms with Crippen LogP contribution in [0.3, 0.4) is 0 Å². The molecular formula is C13H13NO2. The van der Waals surface area contributed by atoms with Gasteiger partial charge in [-0.15, -0.1) is 0 Å². The summed E-state index contributed by atoms with van der Waals surface area (Å²) in [7, 11) is 3.87. The summed E-state index contributed by atoms with van der Waals surface area (Å²) >= 11 is 0. The molecule has 16 heavy (non-hydrogen) atoms. The highest BCUT2D eigenvalue weighted by Gasteiger charge is 2.20. The largest absolute Gasteiger partial charge is 0.383 e. The lowest BCUT2D eigenvalue weighted by Gasteiger charge is -2.21. The topological polar surface area (TPSA) is 40.5 Å². The zero-order valence-corrected chi connectivity index (χ0v) is 9.27. The van der Waals surface area contributed by atoms with Crippen molar-refractivity contribution in [3.63, 3.8) is 0 Å². The zero-order chi connectivity index (χ0) is 11.7. The molecule has 0 fully saturated rings. The number of aliphatic hydroxyl groups excluding tert-OH is 1. The van der Waals surface area contributed by atoms with Crippen LogP contribution in [0.4, 0.5) is 5.69 Å². The minimum Gasteiger partial charge on any atom is -0.383 e. The first-order valence-corrected chi connectivity index (χ1v) is 5.06. The minimum absolute atomic E-state index is 0.281. The second-order valence-electron chi connectivity index (χ2n) is 4.00. The van der Waals surface area contributed by atoms with Crippen LogP contribution in [0.1, 0.15) is 17.2 Å². The molecule has 1 N–H and O–H groups in total. The lowest BCUT2D eigenvalue weighted by atomic mass is 9.91. The van der Waals surface area contributed by atoms with E-state index in [9.17, 15) is 9.90 Å². The fourth-order valence-electron chi connectivity index (χ4n) is 1.76. The minimum atomic E-state index is -0.864. The fraction of sp³-hybridized carbons (Fsp3) is 0.231. The number of anilines is 1. The van der Waals surface area contributed by atoms with E-state index in [1.807, 2.05) is 43.3 Å². The molecule has 0 aromatic heterocycles. The van der Waals surface area contributed by atoms with E-state index >= 15 is 0 Å². The SMILES string of the molecule is CN(C)c1ccc2c(c1)C(O)C(=C=O)C=C2. The van der Waals surface area contributed by atoms with Crippen LogP contribution in [0.5, 0.6) is 0 Å². The molecule has 0 aliphatic heterocycles. The van der Waals surface area contributed by atoms with Crippen molar-refractivity contribution in [2.75, 3.05) is 19.0 Å². The van der Waals surface area contributed by atoms with Gasteiger partial charge in [-0.25, -0.2) is 4.79 Å². The maximum atomic E-state index is 10.6. The van der Waals surface area contributed by atoms with Crippen LogP contribution in [0.25, 0.3) is 6.08 Å². The van der Waals surface area contributed by atoms with E-state index in [1.165, 1.54) is 0 Å². The maximum Gasteiger partial charge on any atom is 0.131 e. The van der Waals surface area contributed by atoms with E-state index in [0.29, 0.717) is 0 Å². The molecule has 3 nitrogen and oxygen atoms in total. The molecule has 2 rings (SSSR count). The Kier molecular flexibility index (Phi) is 2.65. The smallest absolute Gasteiger partial charge is 0.131 e. The van der Waals surface area contributed by atoms with Crippen molar-refractivity contribution in [1.82, 2.24) is 0 Å². The van der Waals surface area contributed by atoms with Gasteiger partial charge in [0.15, 0.2) is 0 Å². The van der Waals surface area contributed by atoms with Crippen LogP contribution in [0, 0.1) is 0 Å². The summed E-state index contributed by atoms with van der Waals surface area (Å²) in [4.78, 5) is 12.6. The van der Waals surface area contributed by atoms with Crippen molar-refractivity contribution in [3.05, 3.63) is 41.0 Å². The van der Waals surface area contributed by atoms with Gasteiger partial charge in [-0.05, 0) is 29.3 Å². The van der Waals surface area contributed by atoms with Crippen molar-refractivity contribution in [1.29, 1.82) is 0 Å². The molecule has 1 unspecified atom stereocenters. The molecule has 82 valence electrons. The van der Waals surface area contributed by atoms with E-state index in [4.69, 9.17) is 0 Å². The van der Waals surface area contributed by atoms with Gasteiger partial charge in [-0.1, -0.05) is 12.1 Å². The van der Waals surface area contributed by atoms with Gasteiger partial charge in [0.2, 0.25) is 0 Å². The third kappa shape index (κ3) is 1.67. The molecule has 0 heterocycles. The summed E-state index contributed by atoms with van der Waals surface area (Å²) in [5, 5.41) is 9.96. The van der Waals surface area contributed by atoms with Crippen LogP contribution >= 0.6 is 0 Å². The van der Waals surface area contributed by atoms with Crippen molar-refractivity contribution in [2.24, 2.45) is 0 Å². The highest BCUT2D eigenvalue weighted by molar-refractivity contribution is 5.73. The van der Waals surface area contributed by atoms with Gasteiger partial charge in [-0.2, -0.15) is 0 Å². The monoisotopic (exact) mass is 215 g/mol. The molecule has 1 aliphatic carbocycles. The fourth-order valence-corrected chi connectivity index (χ4v) is 1.76. The van der Waals surface area contributed by atoms with Gasteiger partial charge >= 0.3 is 0 Å². The van der Waals surface area contributed by atoms with Crippen molar-refractivity contribution in [2.45, 2.75) is 6.10 Å². The summed E-state index contributed by atoms with van der Waals surface area (Å²) in [6, 6.07) is 5.80. The molecule has 1 atom stereocenters. The number of carbonyl (C=O) groups excluding carboxylic acids is 1. The summed E-state index contributed by atoms with van der Waals surface area (Å²) in [6.07, 6.45) is 2.56. The van der Waals surface area contributed by atoms with Crippen LogP contribution in [0.15, 0.2) is 29.8 Å². The first kappa shape index (κ1) is 10.7. The summed E-state index contributed by atoms with van der Waals surface area (Å²) < 4.78 is 0. The van der Waals surface area contributed by atoms with Gasteiger partial charge in [0, 0.05) is 19.8 Å². The number of hydrogen-bond donors (Lipinski definition) is 1. The number of fused-ring (bicyclic) bond motifs is 1. The van der Waals surface area contributed by atoms with Crippen LogP contribution in [0.2, 0.25) is 0 Å². The Labute approximate surface area is 94.3 Å². The van der Waals surface area contributed by atoms with Crippen molar-refractivity contribution >= 4 is 17.7 Å². The molecule has 0 saturated heterocycles. The van der Waals surface area contributed by atoms with Crippen molar-refractivity contribution < 1.29 is 9.90 Å². The molecule has 1 aromatic carbocycles. The molecule has 0 spiro atoms. The van der Waals surface area contributed by atoms with E-state index in [2.05, 4.69) is 0 Å². The molecule has 1 aliphatic rings. The molecule has 0 bridgehead atoms. The van der Waals surface area contributed by atoms with Gasteiger partial charge in [0.25, 0.3) is 0 Å². The Balaban J connectivity index is 2.55. The third-order valence-corrected chi connectivity index (χ3v) is 2.74. The predicted molar refractivity (Wildman–Crippen MR) is 64.0 cm³/mol. The summed E-state index contributed by atoms with van der Waals surface area (Å²) in [5.74, 6) is 1.76. The van der Waals surface area contributed by atoms with Crippen LogP contribution in [-0.4, -0.2) is 25.1 Å². The number of rotatable bonds is 1. The highest BCUT2D eigenvalue weighted by Crippen LogP contribution is 2.32. The Morgan fingerprint density at radius 3 is 2.69 bits per heavy atom. The average Bonchev–Trinajstić information content (AvgIpc) is 2.29. The molecular weight excluding hydrogens is 202 g/mol. The first-order chi connectivity index (χ1) is 7.63. The highest BCUT2D eigenvalue weighted by atomic mass is 16.3. The second kappa shape index (κ2) is 3.97. The van der Waals surface area contributed by atoms with Crippen molar-refractivity contribution in [3.8, 4) is 0 Å². The third-order valence-electron chi connectivity index (χ3n) is 2.74. The molecule has 1 aromatic rings. The maximum absolute atomic E-state index is 10.6. The van der Waals surface area contributed by atoms with Gasteiger partial charge in [0.1, 0.15) is 12.0 Å². The number of aliphatic hydroxyl groups is 1. The molecule has 3 heteroatoms. The van der Waals surface area contributed by atoms with E-state index in [1.54, 1.807) is 12.0 Å². The van der Waals surface area contributed by atoms with E-state index in [-0.39, 0.29) is 5.57 Å². The number of hydrogen-bond acceptors (Lipinski definition) is 3. The molecule has 0 radical (unpaired) electrons. The standard InChI is InChI=1S/C13H13NO2/c1-14(2)11-6-5-9-3-4-10(8-15)13(16)12(9)7-11/h3-7,13,16H,1-2H3. The molecule has 0 amide bonds. The quantitative estimate of drug-likeness (QED) is 0.723. The lowest BCUT2D eigenvalue weighted by molar-refractivity contribution is 0.219. The van der Waals surface area contributed by atoms with Crippen LogP contribution < -0.4 is 4.90 Å². The Hall–Kier alpha value is -1.83. The zero-order valence-electron chi connectivity index (χ0n) is 9.27. The summed E-state index contributed by atoms with van der Waals surface area (Å²) in [5.41, 5.74) is 2.98. The Morgan fingerprint density at radius 2 is 2.06 bits per heavy atom. The first-order valence-electron chi connectivity index (χ1n) is 5.06. The molecule has 0 saturated carbocycles. The van der Waals surface area contributed by atoms with Crippen LogP contribution in [-0.2, 0) is 4.79 Å². The van der Waals surface area contributed by atoms with Gasteiger partial charge < -0.3 is 10.0 Å². The summed E-state index contributed by atoms with van der Waals surface area (Å²) in [6.45, 7) is 0. The van der Waals surface area contributed by atoms with E-state index in [0.717, 1.165) is 16.8 Å². The van der Waals surface area contributed by atoms with Gasteiger partial charge in [-0.3, -0.25) is 0 Å². The normalized spacial score (nSPS) is 17.9. The number of benzene rings is 1. The Bertz CT molecular complexity index is 497. The Morgan fingerprint density at radius 1 is 1.31 bits per heavy atom. The van der Waals surface area contributed by atoms with Gasteiger partial charge in [0.05, 0.1) is 5.57 Å². The predicted octanol–water partition coefficient (Wildman–Crippen LogP) is 1.57. The van der Waals surface area contributed by atoms with E-state index < -0.39 is 6.10 Å². The number of nitrogens with zero attached hydrogens (tertiary/aromatic N) is 1. The average molecular weight is 215 g/mol.